The molecule has 0 amide bonds. The number of amidine groups is 1. The van der Waals surface area contributed by atoms with Gasteiger partial charge in [-0.1, -0.05) is 70.2 Å². The number of nitrogens with zero attached hydrogens (tertiary/aromatic N) is 2. The van der Waals surface area contributed by atoms with Gasteiger partial charge in [-0.2, -0.15) is 0 Å². The molecule has 0 bridgehead atoms. The van der Waals surface area contributed by atoms with E-state index in [-0.39, 0.29) is 0 Å². The fraction of sp³-hybridized carbons (Fsp3) is 0.278. The van der Waals surface area contributed by atoms with Gasteiger partial charge in [-0.15, -0.1) is 0 Å². The van der Waals surface area contributed by atoms with Crippen LogP contribution in [0, 0.1) is 0 Å². The molecule has 0 fully saturated rings. The zero-order valence-electron chi connectivity index (χ0n) is 12.9. The molecule has 1 aliphatic rings. The molecule has 0 radical (unpaired) electrons. The Bertz CT molecular complexity index is 660. The number of benzene rings is 2. The van der Waals surface area contributed by atoms with Gasteiger partial charge in [0, 0.05) is 16.8 Å². The molecule has 3 nitrogen and oxygen atoms in total. The van der Waals surface area contributed by atoms with E-state index in [1.54, 1.807) is 11.8 Å². The van der Waals surface area contributed by atoms with Crippen molar-refractivity contribution in [2.45, 2.75) is 12.2 Å². The van der Waals surface area contributed by atoms with Gasteiger partial charge in [0.2, 0.25) is 0 Å². The molecule has 0 unspecified atom stereocenters. The molecule has 2 aromatic carbocycles. The van der Waals surface area contributed by atoms with Crippen molar-refractivity contribution in [3.63, 3.8) is 0 Å². The van der Waals surface area contributed by atoms with E-state index in [0.29, 0.717) is 0 Å². The summed E-state index contributed by atoms with van der Waals surface area (Å²) in [5.41, 5.74) is 2.69. The molecule has 0 aliphatic carbocycles. The highest BCUT2D eigenvalue weighted by Gasteiger charge is 2.12. The number of nitrogens with one attached hydrogen (secondary N) is 1. The summed E-state index contributed by atoms with van der Waals surface area (Å²) in [5.74, 6) is 0.963. The van der Waals surface area contributed by atoms with Crippen molar-refractivity contribution in [1.29, 1.82) is 0 Å². The van der Waals surface area contributed by atoms with Gasteiger partial charge in [-0.25, -0.2) is 4.99 Å². The second-order valence-electron chi connectivity index (χ2n) is 5.49. The summed E-state index contributed by atoms with van der Waals surface area (Å²) in [7, 11) is 0. The van der Waals surface area contributed by atoms with Crippen molar-refractivity contribution in [3.05, 3.63) is 70.2 Å². The van der Waals surface area contributed by atoms with Gasteiger partial charge in [0.05, 0.1) is 13.3 Å². The van der Waals surface area contributed by atoms with E-state index in [9.17, 15) is 0 Å². The summed E-state index contributed by atoms with van der Waals surface area (Å²) in [4.78, 5) is 6.97. The average Bonchev–Trinajstić information content (AvgIpc) is 2.60. The molecule has 1 aliphatic heterocycles. The van der Waals surface area contributed by atoms with Crippen molar-refractivity contribution in [1.82, 2.24) is 10.2 Å². The van der Waals surface area contributed by atoms with E-state index in [1.807, 2.05) is 6.07 Å². The Kier molecular flexibility index (Phi) is 6.13. The minimum Gasteiger partial charge on any atom is -0.352 e. The van der Waals surface area contributed by atoms with Crippen LogP contribution in [0.25, 0.3) is 0 Å². The van der Waals surface area contributed by atoms with Crippen LogP contribution in [0.2, 0.25) is 0 Å². The summed E-state index contributed by atoms with van der Waals surface area (Å²) >= 11 is 5.30. The Labute approximate surface area is 150 Å². The first kappa shape index (κ1) is 16.6. The van der Waals surface area contributed by atoms with Gasteiger partial charge in [0.15, 0.2) is 5.17 Å². The fourth-order valence-electron chi connectivity index (χ4n) is 2.40. The van der Waals surface area contributed by atoms with Crippen LogP contribution in [0.1, 0.15) is 11.1 Å². The second kappa shape index (κ2) is 8.52. The Hall–Kier alpha value is -1.30. The van der Waals surface area contributed by atoms with Gasteiger partial charge >= 0.3 is 0 Å². The van der Waals surface area contributed by atoms with Crippen LogP contribution in [0.15, 0.2) is 64.1 Å². The lowest BCUT2D eigenvalue weighted by molar-refractivity contribution is 0.270. The van der Waals surface area contributed by atoms with Crippen molar-refractivity contribution in [2.24, 2.45) is 4.99 Å². The molecule has 0 atom stereocenters. The lowest BCUT2D eigenvalue weighted by Crippen LogP contribution is -2.42. The van der Waals surface area contributed by atoms with E-state index in [2.05, 4.69) is 79.7 Å². The summed E-state index contributed by atoms with van der Waals surface area (Å²) < 4.78 is 1.14. The fourth-order valence-corrected chi connectivity index (χ4v) is 3.66. The maximum Gasteiger partial charge on any atom is 0.159 e. The van der Waals surface area contributed by atoms with Crippen LogP contribution >= 0.6 is 27.7 Å². The van der Waals surface area contributed by atoms with Gasteiger partial charge in [-0.3, -0.25) is 4.90 Å². The minimum absolute atomic E-state index is 0.776. The SMILES string of the molecule is Brc1cccc(CCN2CN=C(SCc3ccccc3)NC2)c1. The highest BCUT2D eigenvalue weighted by Crippen LogP contribution is 2.15. The molecule has 0 spiro atoms. The van der Waals surface area contributed by atoms with E-state index >= 15 is 0 Å². The zero-order chi connectivity index (χ0) is 15.9. The van der Waals surface area contributed by atoms with Gasteiger partial charge in [0.25, 0.3) is 0 Å². The van der Waals surface area contributed by atoms with Crippen LogP contribution < -0.4 is 5.32 Å². The third kappa shape index (κ3) is 5.37. The quantitative estimate of drug-likeness (QED) is 0.833. The number of rotatable bonds is 5. The van der Waals surface area contributed by atoms with Crippen LogP contribution in [0.5, 0.6) is 0 Å². The maximum absolute atomic E-state index is 4.64. The van der Waals surface area contributed by atoms with Crippen molar-refractivity contribution < 1.29 is 0 Å². The van der Waals surface area contributed by atoms with E-state index in [4.69, 9.17) is 0 Å². The molecule has 3 rings (SSSR count). The molecule has 23 heavy (non-hydrogen) atoms. The van der Waals surface area contributed by atoms with E-state index < -0.39 is 0 Å². The van der Waals surface area contributed by atoms with Crippen molar-refractivity contribution in [3.8, 4) is 0 Å². The normalized spacial score (nSPS) is 15.1. The summed E-state index contributed by atoms with van der Waals surface area (Å²) in [6, 6.07) is 19.0. The summed E-state index contributed by atoms with van der Waals surface area (Å²) in [6.45, 7) is 2.66. The first-order valence-electron chi connectivity index (χ1n) is 7.71. The Morgan fingerprint density at radius 1 is 1.09 bits per heavy atom. The number of hydrogen-bond donors (Lipinski definition) is 1. The van der Waals surface area contributed by atoms with Crippen molar-refractivity contribution >= 4 is 32.9 Å². The van der Waals surface area contributed by atoms with E-state index in [1.165, 1.54) is 11.1 Å². The lowest BCUT2D eigenvalue weighted by atomic mass is 10.1. The van der Waals surface area contributed by atoms with Crippen LogP contribution in [-0.4, -0.2) is 29.9 Å². The average molecular weight is 390 g/mol. The summed E-state index contributed by atoms with van der Waals surface area (Å²) in [6.07, 6.45) is 1.04. The minimum atomic E-state index is 0.776. The van der Waals surface area contributed by atoms with Gasteiger partial charge < -0.3 is 5.32 Å². The van der Waals surface area contributed by atoms with Gasteiger partial charge in [-0.05, 0) is 29.7 Å². The maximum atomic E-state index is 4.64. The number of thioether (sulfide) groups is 1. The first-order valence-corrected chi connectivity index (χ1v) is 9.49. The molecule has 1 N–H and O–H groups in total. The smallest absolute Gasteiger partial charge is 0.159 e. The first-order chi connectivity index (χ1) is 11.3. The van der Waals surface area contributed by atoms with Crippen LogP contribution in [0.4, 0.5) is 0 Å². The van der Waals surface area contributed by atoms with Crippen molar-refractivity contribution in [2.75, 3.05) is 19.9 Å². The third-order valence-electron chi connectivity index (χ3n) is 3.69. The summed E-state index contributed by atoms with van der Waals surface area (Å²) in [5, 5.41) is 4.47. The monoisotopic (exact) mass is 389 g/mol. The molecule has 0 saturated carbocycles. The molecular formula is C18H20BrN3S. The molecule has 2 aromatic rings. The van der Waals surface area contributed by atoms with Crippen LogP contribution in [-0.2, 0) is 12.2 Å². The lowest BCUT2D eigenvalue weighted by Gasteiger charge is -2.26. The number of hydrogen-bond acceptors (Lipinski definition) is 4. The predicted molar refractivity (Wildman–Crippen MR) is 103 cm³/mol. The zero-order valence-corrected chi connectivity index (χ0v) is 15.3. The number of aliphatic imine (C=N–C) groups is 1. The van der Waals surface area contributed by atoms with Gasteiger partial charge in [0.1, 0.15) is 0 Å². The second-order valence-corrected chi connectivity index (χ2v) is 7.37. The molecule has 1 heterocycles. The Balaban J connectivity index is 1.43. The third-order valence-corrected chi connectivity index (χ3v) is 5.21. The Morgan fingerprint density at radius 3 is 2.65 bits per heavy atom. The standard InChI is InChI=1S/C18H20BrN3S/c19-17-8-4-7-15(11-17)9-10-22-13-20-18(21-14-22)23-12-16-5-2-1-3-6-16/h1-8,11H,9-10,12-14H2,(H,20,21). The highest BCUT2D eigenvalue weighted by molar-refractivity contribution is 9.10. The molecule has 5 heteroatoms. The highest BCUT2D eigenvalue weighted by atomic mass is 79.9. The molecule has 0 aromatic heterocycles. The topological polar surface area (TPSA) is 27.6 Å². The molecular weight excluding hydrogens is 370 g/mol. The largest absolute Gasteiger partial charge is 0.352 e. The van der Waals surface area contributed by atoms with Crippen LogP contribution in [0.3, 0.4) is 0 Å². The van der Waals surface area contributed by atoms with E-state index in [0.717, 1.165) is 41.7 Å². The molecule has 120 valence electrons. The molecule has 0 saturated heterocycles. The predicted octanol–water partition coefficient (Wildman–Crippen LogP) is 4.10. The number of halogens is 1. The Morgan fingerprint density at radius 2 is 1.91 bits per heavy atom.